The van der Waals surface area contributed by atoms with Crippen LogP contribution in [0.15, 0.2) is 12.4 Å². The summed E-state index contributed by atoms with van der Waals surface area (Å²) < 4.78 is 2.28. The minimum atomic E-state index is 0.514. The zero-order valence-corrected chi connectivity index (χ0v) is 10.9. The second-order valence-corrected chi connectivity index (χ2v) is 4.99. The monoisotopic (exact) mass is 226 g/mol. The lowest BCUT2D eigenvalue weighted by molar-refractivity contribution is 0.460. The van der Waals surface area contributed by atoms with Crippen molar-refractivity contribution in [3.05, 3.63) is 18.2 Å². The average Bonchev–Trinajstić information content (AvgIpc) is 2.63. The molecule has 1 aromatic rings. The van der Waals surface area contributed by atoms with Crippen molar-refractivity contribution in [3.63, 3.8) is 0 Å². The van der Waals surface area contributed by atoms with Gasteiger partial charge in [-0.15, -0.1) is 0 Å². The highest BCUT2D eigenvalue weighted by atomic mass is 32.1. The van der Waals surface area contributed by atoms with E-state index < -0.39 is 0 Å². The Labute approximate surface area is 98.5 Å². The van der Waals surface area contributed by atoms with Gasteiger partial charge in [-0.25, -0.2) is 4.98 Å². The van der Waals surface area contributed by atoms with Gasteiger partial charge in [0.25, 0.3) is 0 Å². The van der Waals surface area contributed by atoms with E-state index in [1.54, 1.807) is 0 Å². The van der Waals surface area contributed by atoms with E-state index in [-0.39, 0.29) is 0 Å². The van der Waals surface area contributed by atoms with Gasteiger partial charge in [0.2, 0.25) is 0 Å². The van der Waals surface area contributed by atoms with Crippen LogP contribution in [0.1, 0.15) is 45.4 Å². The molecule has 0 aliphatic rings. The second kappa shape index (κ2) is 6.21. The van der Waals surface area contributed by atoms with Crippen molar-refractivity contribution in [1.82, 2.24) is 9.55 Å². The van der Waals surface area contributed by atoms with E-state index in [9.17, 15) is 0 Å². The summed E-state index contributed by atoms with van der Waals surface area (Å²) in [5, 5.41) is 0. The number of nitrogens with zero attached hydrogens (tertiary/aromatic N) is 2. The fourth-order valence-corrected chi connectivity index (χ4v) is 2.18. The minimum absolute atomic E-state index is 0.514. The predicted octanol–water partition coefficient (Wildman–Crippen LogP) is 3.35. The van der Waals surface area contributed by atoms with Crippen LogP contribution in [0.5, 0.6) is 0 Å². The number of hydrogen-bond donors (Lipinski definition) is 1. The molecular weight excluding hydrogens is 204 g/mol. The van der Waals surface area contributed by atoms with Crippen LogP contribution in [0.25, 0.3) is 0 Å². The van der Waals surface area contributed by atoms with Crippen molar-refractivity contribution in [2.75, 3.05) is 5.75 Å². The molecule has 1 heterocycles. The number of rotatable bonds is 6. The smallest absolute Gasteiger partial charge is 0.111 e. The van der Waals surface area contributed by atoms with Crippen molar-refractivity contribution < 1.29 is 0 Å². The quantitative estimate of drug-likeness (QED) is 0.736. The molecule has 1 unspecified atom stereocenters. The topological polar surface area (TPSA) is 17.8 Å². The molecule has 0 saturated carbocycles. The van der Waals surface area contributed by atoms with Crippen LogP contribution < -0.4 is 0 Å². The largest absolute Gasteiger partial charge is 0.335 e. The fourth-order valence-electron chi connectivity index (χ4n) is 1.73. The third kappa shape index (κ3) is 3.90. The maximum absolute atomic E-state index is 4.39. The third-order valence-corrected chi connectivity index (χ3v) is 3.01. The van der Waals surface area contributed by atoms with E-state index in [2.05, 4.69) is 49.1 Å². The SMILES string of the molecule is CC(CCS)CCn1ccnc1C(C)C. The Morgan fingerprint density at radius 3 is 2.67 bits per heavy atom. The summed E-state index contributed by atoms with van der Waals surface area (Å²) in [5.74, 6) is 3.46. The molecule has 2 nitrogen and oxygen atoms in total. The van der Waals surface area contributed by atoms with Gasteiger partial charge in [-0.1, -0.05) is 20.8 Å². The van der Waals surface area contributed by atoms with Gasteiger partial charge in [0.15, 0.2) is 0 Å². The molecule has 1 aromatic heterocycles. The van der Waals surface area contributed by atoms with Crippen LogP contribution in [-0.4, -0.2) is 15.3 Å². The summed E-state index contributed by atoms with van der Waals surface area (Å²) in [6.45, 7) is 7.76. The summed E-state index contributed by atoms with van der Waals surface area (Å²) in [6, 6.07) is 0. The highest BCUT2D eigenvalue weighted by Crippen LogP contribution is 2.15. The van der Waals surface area contributed by atoms with Gasteiger partial charge in [-0.05, 0) is 24.5 Å². The van der Waals surface area contributed by atoms with Crippen molar-refractivity contribution in [1.29, 1.82) is 0 Å². The maximum Gasteiger partial charge on any atom is 0.111 e. The van der Waals surface area contributed by atoms with Crippen LogP contribution in [0.4, 0.5) is 0 Å². The second-order valence-electron chi connectivity index (χ2n) is 4.54. The van der Waals surface area contributed by atoms with Gasteiger partial charge in [0.1, 0.15) is 5.82 Å². The molecule has 86 valence electrons. The Balaban J connectivity index is 2.46. The van der Waals surface area contributed by atoms with Crippen molar-refractivity contribution >= 4 is 12.6 Å². The van der Waals surface area contributed by atoms with Gasteiger partial charge < -0.3 is 4.57 Å². The van der Waals surface area contributed by atoms with Crippen LogP contribution in [0.2, 0.25) is 0 Å². The molecule has 0 aliphatic carbocycles. The number of imidazole rings is 1. The number of aryl methyl sites for hydroxylation is 1. The van der Waals surface area contributed by atoms with E-state index in [4.69, 9.17) is 0 Å². The summed E-state index contributed by atoms with van der Waals surface area (Å²) in [7, 11) is 0. The molecule has 0 fully saturated rings. The van der Waals surface area contributed by atoms with E-state index in [0.29, 0.717) is 5.92 Å². The lowest BCUT2D eigenvalue weighted by atomic mass is 10.1. The summed E-state index contributed by atoms with van der Waals surface area (Å²) >= 11 is 4.26. The number of thiol groups is 1. The molecule has 0 saturated heterocycles. The molecule has 0 aliphatic heterocycles. The minimum Gasteiger partial charge on any atom is -0.335 e. The molecule has 1 rings (SSSR count). The van der Waals surface area contributed by atoms with Crippen LogP contribution in [0, 0.1) is 5.92 Å². The zero-order valence-electron chi connectivity index (χ0n) is 9.98. The molecule has 0 amide bonds. The van der Waals surface area contributed by atoms with Gasteiger partial charge in [0, 0.05) is 24.9 Å². The Bertz CT molecular complexity index is 281. The first-order valence-corrected chi connectivity index (χ1v) is 6.40. The predicted molar refractivity (Wildman–Crippen MR) is 68.6 cm³/mol. The fraction of sp³-hybridized carbons (Fsp3) is 0.750. The lowest BCUT2D eigenvalue weighted by Crippen LogP contribution is -2.08. The molecule has 1 atom stereocenters. The normalized spacial score (nSPS) is 13.4. The molecule has 15 heavy (non-hydrogen) atoms. The van der Waals surface area contributed by atoms with Crippen LogP contribution in [0.3, 0.4) is 0 Å². The van der Waals surface area contributed by atoms with Crippen molar-refractivity contribution in [3.8, 4) is 0 Å². The molecule has 0 aromatic carbocycles. The van der Waals surface area contributed by atoms with Gasteiger partial charge in [-0.2, -0.15) is 12.6 Å². The Morgan fingerprint density at radius 2 is 2.07 bits per heavy atom. The molecule has 0 spiro atoms. The highest BCUT2D eigenvalue weighted by Gasteiger charge is 2.08. The first-order valence-electron chi connectivity index (χ1n) is 5.77. The Kier molecular flexibility index (Phi) is 5.23. The summed E-state index contributed by atoms with van der Waals surface area (Å²) in [6.07, 6.45) is 6.41. The van der Waals surface area contributed by atoms with Gasteiger partial charge in [-0.3, -0.25) is 0 Å². The first-order chi connectivity index (χ1) is 7.15. The lowest BCUT2D eigenvalue weighted by Gasteiger charge is -2.13. The standard InChI is InChI=1S/C12H22N2S/c1-10(2)12-13-6-8-14(12)7-4-11(3)5-9-15/h6,8,10-11,15H,4-5,7,9H2,1-3H3. The van der Waals surface area contributed by atoms with E-state index in [0.717, 1.165) is 18.2 Å². The Morgan fingerprint density at radius 1 is 1.33 bits per heavy atom. The van der Waals surface area contributed by atoms with Gasteiger partial charge >= 0.3 is 0 Å². The molecule has 0 N–H and O–H groups in total. The molecule has 3 heteroatoms. The molecule has 0 bridgehead atoms. The number of hydrogen-bond acceptors (Lipinski definition) is 2. The van der Waals surface area contributed by atoms with E-state index in [1.165, 1.54) is 18.7 Å². The van der Waals surface area contributed by atoms with E-state index >= 15 is 0 Å². The van der Waals surface area contributed by atoms with Crippen molar-refractivity contribution in [2.24, 2.45) is 5.92 Å². The zero-order chi connectivity index (χ0) is 11.3. The van der Waals surface area contributed by atoms with Crippen molar-refractivity contribution in [2.45, 2.75) is 46.1 Å². The van der Waals surface area contributed by atoms with Crippen LogP contribution in [-0.2, 0) is 6.54 Å². The average molecular weight is 226 g/mol. The molecule has 0 radical (unpaired) electrons. The summed E-state index contributed by atoms with van der Waals surface area (Å²) in [5.41, 5.74) is 0. The summed E-state index contributed by atoms with van der Waals surface area (Å²) in [4.78, 5) is 4.39. The van der Waals surface area contributed by atoms with E-state index in [1.807, 2.05) is 6.20 Å². The third-order valence-electron chi connectivity index (χ3n) is 2.75. The first kappa shape index (κ1) is 12.6. The number of aromatic nitrogens is 2. The Hall–Kier alpha value is -0.440. The van der Waals surface area contributed by atoms with Gasteiger partial charge in [0.05, 0.1) is 0 Å². The van der Waals surface area contributed by atoms with Crippen LogP contribution >= 0.6 is 12.6 Å². The highest BCUT2D eigenvalue weighted by molar-refractivity contribution is 7.80. The molecular formula is C12H22N2S. The maximum atomic E-state index is 4.39.